The van der Waals surface area contributed by atoms with Crippen LogP contribution in [0.4, 0.5) is 8.78 Å². The van der Waals surface area contributed by atoms with Gasteiger partial charge in [-0.25, -0.2) is 8.78 Å². The highest BCUT2D eigenvalue weighted by molar-refractivity contribution is 5.24. The molecule has 1 saturated heterocycles. The molecule has 5 heteroatoms. The van der Waals surface area contributed by atoms with Crippen LogP contribution >= 0.6 is 0 Å². The van der Waals surface area contributed by atoms with E-state index in [0.29, 0.717) is 12.5 Å². The van der Waals surface area contributed by atoms with Gasteiger partial charge in [0.1, 0.15) is 5.82 Å². The van der Waals surface area contributed by atoms with Crippen LogP contribution in [0, 0.1) is 17.6 Å². The second-order valence-corrected chi connectivity index (χ2v) is 5.04. The van der Waals surface area contributed by atoms with E-state index in [1.54, 1.807) is 0 Å². The van der Waals surface area contributed by atoms with Crippen LogP contribution in [-0.4, -0.2) is 44.2 Å². The molecule has 0 radical (unpaired) electrons. The Kier molecular flexibility index (Phi) is 5.10. The molecule has 106 valence electrons. The monoisotopic (exact) mass is 270 g/mol. The summed E-state index contributed by atoms with van der Waals surface area (Å²) >= 11 is 0. The zero-order valence-electron chi connectivity index (χ0n) is 11.2. The van der Waals surface area contributed by atoms with Crippen LogP contribution in [0.2, 0.25) is 0 Å². The summed E-state index contributed by atoms with van der Waals surface area (Å²) in [5.41, 5.74) is 0. The van der Waals surface area contributed by atoms with E-state index in [1.807, 2.05) is 0 Å². The van der Waals surface area contributed by atoms with E-state index in [0.717, 1.165) is 38.8 Å². The second kappa shape index (κ2) is 6.82. The van der Waals surface area contributed by atoms with Crippen LogP contribution in [0.3, 0.4) is 0 Å². The normalized spacial score (nSPS) is 18.3. The van der Waals surface area contributed by atoms with Crippen molar-refractivity contribution in [1.82, 2.24) is 10.2 Å². The van der Waals surface area contributed by atoms with E-state index in [9.17, 15) is 8.78 Å². The van der Waals surface area contributed by atoms with E-state index < -0.39 is 11.6 Å². The molecular weight excluding hydrogens is 250 g/mol. The first kappa shape index (κ1) is 14.2. The molecule has 1 aliphatic heterocycles. The molecule has 0 saturated carbocycles. The van der Waals surface area contributed by atoms with Crippen molar-refractivity contribution < 1.29 is 13.5 Å². The van der Waals surface area contributed by atoms with Gasteiger partial charge in [-0.2, -0.15) is 0 Å². The average molecular weight is 270 g/mol. The largest absolute Gasteiger partial charge is 0.490 e. The summed E-state index contributed by atoms with van der Waals surface area (Å²) in [6, 6.07) is 3.39. The smallest absolute Gasteiger partial charge is 0.167 e. The Labute approximate surface area is 112 Å². The molecule has 1 aromatic carbocycles. The molecule has 1 aromatic rings. The van der Waals surface area contributed by atoms with Crippen LogP contribution in [0.5, 0.6) is 5.75 Å². The van der Waals surface area contributed by atoms with E-state index in [1.165, 1.54) is 12.1 Å². The SMILES string of the molecule is CC(COc1ccc(F)cc1F)CN1CCNCC1. The van der Waals surface area contributed by atoms with Crippen molar-refractivity contribution in [2.45, 2.75) is 6.92 Å². The maximum absolute atomic E-state index is 13.4. The third kappa shape index (κ3) is 4.44. The van der Waals surface area contributed by atoms with Crippen molar-refractivity contribution in [3.8, 4) is 5.75 Å². The topological polar surface area (TPSA) is 24.5 Å². The molecule has 1 aliphatic rings. The lowest BCUT2D eigenvalue weighted by Gasteiger charge is -2.29. The van der Waals surface area contributed by atoms with Crippen LogP contribution in [-0.2, 0) is 0 Å². The lowest BCUT2D eigenvalue weighted by atomic mass is 10.1. The molecule has 1 fully saturated rings. The molecule has 0 amide bonds. The van der Waals surface area contributed by atoms with Gasteiger partial charge in [-0.15, -0.1) is 0 Å². The van der Waals surface area contributed by atoms with Gasteiger partial charge in [-0.3, -0.25) is 0 Å². The summed E-state index contributed by atoms with van der Waals surface area (Å²) in [5.74, 6) is -0.802. The maximum atomic E-state index is 13.4. The Hall–Kier alpha value is -1.20. The number of rotatable bonds is 5. The number of piperazine rings is 1. The average Bonchev–Trinajstić information content (AvgIpc) is 2.39. The summed E-state index contributed by atoms with van der Waals surface area (Å²) in [4.78, 5) is 2.37. The highest BCUT2D eigenvalue weighted by Gasteiger charge is 2.14. The van der Waals surface area contributed by atoms with Crippen molar-refractivity contribution in [2.75, 3.05) is 39.3 Å². The zero-order chi connectivity index (χ0) is 13.7. The molecule has 0 spiro atoms. The standard InChI is InChI=1S/C14H20F2N2O/c1-11(9-18-6-4-17-5-7-18)10-19-14-3-2-12(15)8-13(14)16/h2-3,8,11,17H,4-7,9-10H2,1H3. The predicted octanol–water partition coefficient (Wildman–Crippen LogP) is 1.88. The summed E-state index contributed by atoms with van der Waals surface area (Å²) in [7, 11) is 0. The molecule has 1 N–H and O–H groups in total. The highest BCUT2D eigenvalue weighted by atomic mass is 19.1. The molecular formula is C14H20F2N2O. The van der Waals surface area contributed by atoms with Crippen molar-refractivity contribution >= 4 is 0 Å². The molecule has 1 heterocycles. The van der Waals surface area contributed by atoms with Gasteiger partial charge in [0.05, 0.1) is 6.61 Å². The van der Waals surface area contributed by atoms with Gasteiger partial charge in [-0.05, 0) is 12.1 Å². The van der Waals surface area contributed by atoms with E-state index >= 15 is 0 Å². The van der Waals surface area contributed by atoms with Crippen molar-refractivity contribution in [3.63, 3.8) is 0 Å². The summed E-state index contributed by atoms with van der Waals surface area (Å²) in [5, 5.41) is 3.30. The minimum Gasteiger partial charge on any atom is -0.490 e. The molecule has 1 unspecified atom stereocenters. The van der Waals surface area contributed by atoms with Gasteiger partial charge in [0.25, 0.3) is 0 Å². The van der Waals surface area contributed by atoms with Crippen LogP contribution in [0.1, 0.15) is 6.92 Å². The van der Waals surface area contributed by atoms with E-state index in [-0.39, 0.29) is 5.75 Å². The fourth-order valence-corrected chi connectivity index (χ4v) is 2.21. The number of nitrogens with one attached hydrogen (secondary N) is 1. The van der Waals surface area contributed by atoms with Crippen LogP contribution < -0.4 is 10.1 Å². The first-order valence-electron chi connectivity index (χ1n) is 6.66. The Balaban J connectivity index is 1.77. The molecule has 0 bridgehead atoms. The Bertz CT molecular complexity index is 408. The lowest BCUT2D eigenvalue weighted by molar-refractivity contribution is 0.168. The number of benzene rings is 1. The fourth-order valence-electron chi connectivity index (χ4n) is 2.21. The maximum Gasteiger partial charge on any atom is 0.167 e. The molecule has 2 rings (SSSR count). The second-order valence-electron chi connectivity index (χ2n) is 5.04. The number of nitrogens with zero attached hydrogens (tertiary/aromatic N) is 1. The van der Waals surface area contributed by atoms with Gasteiger partial charge in [0, 0.05) is 44.7 Å². The first-order valence-corrected chi connectivity index (χ1v) is 6.66. The Morgan fingerprint density at radius 1 is 1.32 bits per heavy atom. The molecule has 3 nitrogen and oxygen atoms in total. The summed E-state index contributed by atoms with van der Waals surface area (Å²) in [6.07, 6.45) is 0. The van der Waals surface area contributed by atoms with Crippen LogP contribution in [0.25, 0.3) is 0 Å². The van der Waals surface area contributed by atoms with Gasteiger partial charge in [-0.1, -0.05) is 6.92 Å². The van der Waals surface area contributed by atoms with Gasteiger partial charge in [0.15, 0.2) is 11.6 Å². The first-order chi connectivity index (χ1) is 9.15. The van der Waals surface area contributed by atoms with Crippen LogP contribution in [0.15, 0.2) is 18.2 Å². The van der Waals surface area contributed by atoms with Gasteiger partial charge >= 0.3 is 0 Å². The number of hydrogen-bond donors (Lipinski definition) is 1. The molecule has 0 aliphatic carbocycles. The third-order valence-corrected chi connectivity index (χ3v) is 3.20. The minimum absolute atomic E-state index is 0.119. The van der Waals surface area contributed by atoms with Crippen molar-refractivity contribution in [3.05, 3.63) is 29.8 Å². The molecule has 0 aromatic heterocycles. The molecule has 19 heavy (non-hydrogen) atoms. The van der Waals surface area contributed by atoms with E-state index in [2.05, 4.69) is 17.1 Å². The molecule has 1 atom stereocenters. The van der Waals surface area contributed by atoms with Gasteiger partial charge in [0.2, 0.25) is 0 Å². The van der Waals surface area contributed by atoms with Crippen molar-refractivity contribution in [1.29, 1.82) is 0 Å². The quantitative estimate of drug-likeness (QED) is 0.884. The van der Waals surface area contributed by atoms with E-state index in [4.69, 9.17) is 4.74 Å². The Morgan fingerprint density at radius 2 is 2.05 bits per heavy atom. The van der Waals surface area contributed by atoms with Gasteiger partial charge < -0.3 is 15.0 Å². The third-order valence-electron chi connectivity index (χ3n) is 3.20. The predicted molar refractivity (Wildman–Crippen MR) is 70.3 cm³/mol. The summed E-state index contributed by atoms with van der Waals surface area (Å²) < 4.78 is 31.5. The summed E-state index contributed by atoms with van der Waals surface area (Å²) in [6.45, 7) is 7.55. The lowest BCUT2D eigenvalue weighted by Crippen LogP contribution is -2.45. The Morgan fingerprint density at radius 3 is 2.74 bits per heavy atom. The highest BCUT2D eigenvalue weighted by Crippen LogP contribution is 2.18. The fraction of sp³-hybridized carbons (Fsp3) is 0.571. The number of hydrogen-bond acceptors (Lipinski definition) is 3. The minimum atomic E-state index is -0.644. The number of ether oxygens (including phenoxy) is 1. The van der Waals surface area contributed by atoms with Crippen molar-refractivity contribution in [2.24, 2.45) is 5.92 Å². The zero-order valence-corrected chi connectivity index (χ0v) is 11.2. The number of halogens is 2.